The second kappa shape index (κ2) is 11.2. The van der Waals surface area contributed by atoms with E-state index in [1.807, 2.05) is 0 Å². The Kier molecular flexibility index (Phi) is 7.11. The van der Waals surface area contributed by atoms with Crippen LogP contribution in [0.2, 0.25) is 0 Å². The zero-order valence-corrected chi connectivity index (χ0v) is 22.0. The Labute approximate surface area is 233 Å². The van der Waals surface area contributed by atoms with E-state index in [1.165, 1.54) is 18.2 Å². The highest BCUT2D eigenvalue weighted by Crippen LogP contribution is 2.33. The molecule has 3 heterocycles. The summed E-state index contributed by atoms with van der Waals surface area (Å²) in [6.07, 6.45) is 1.50. The summed E-state index contributed by atoms with van der Waals surface area (Å²) in [5.41, 5.74) is 1.52. The van der Waals surface area contributed by atoms with Gasteiger partial charge in [0.05, 0.1) is 55.1 Å². The maximum absolute atomic E-state index is 13.4. The van der Waals surface area contributed by atoms with Gasteiger partial charge in [0, 0.05) is 25.0 Å². The van der Waals surface area contributed by atoms with Gasteiger partial charge in [0.15, 0.2) is 28.8 Å². The van der Waals surface area contributed by atoms with E-state index in [2.05, 4.69) is 10.4 Å². The van der Waals surface area contributed by atoms with Gasteiger partial charge in [-0.3, -0.25) is 19.7 Å². The molecule has 0 saturated heterocycles. The van der Waals surface area contributed by atoms with Crippen LogP contribution in [0.1, 0.15) is 28.8 Å². The highest BCUT2D eigenvalue weighted by atomic mass is 16.6. The zero-order chi connectivity index (χ0) is 28.3. The van der Waals surface area contributed by atoms with Crippen molar-refractivity contribution < 1.29 is 33.5 Å². The molecule has 12 nitrogen and oxygen atoms in total. The number of non-ortho nitro benzene ring substituents is 1. The van der Waals surface area contributed by atoms with Crippen molar-refractivity contribution >= 4 is 34.2 Å². The van der Waals surface area contributed by atoms with Gasteiger partial charge < -0.3 is 24.3 Å². The molecule has 0 bridgehead atoms. The van der Waals surface area contributed by atoms with Crippen LogP contribution in [-0.2, 0) is 17.6 Å². The predicted octanol–water partition coefficient (Wildman–Crippen LogP) is 4.33. The molecule has 6 rings (SSSR count). The fraction of sp³-hybridized carbons (Fsp3) is 0.276. The summed E-state index contributed by atoms with van der Waals surface area (Å²) >= 11 is 0. The number of carbonyl (C=O) groups is 2. The van der Waals surface area contributed by atoms with E-state index in [0.29, 0.717) is 66.1 Å². The van der Waals surface area contributed by atoms with Crippen LogP contribution in [-0.4, -0.2) is 52.9 Å². The molecule has 1 N–H and O–H groups in total. The lowest BCUT2D eigenvalue weighted by Gasteiger charge is -2.09. The molecule has 2 aliphatic rings. The number of carbonyl (C=O) groups excluding carboxylic acids is 2. The number of nitro benzene ring substituents is 1. The van der Waals surface area contributed by atoms with E-state index in [1.54, 1.807) is 36.4 Å². The van der Waals surface area contributed by atoms with E-state index in [4.69, 9.17) is 18.9 Å². The third-order valence-electron chi connectivity index (χ3n) is 6.71. The molecule has 210 valence electrons. The van der Waals surface area contributed by atoms with Crippen LogP contribution in [0.5, 0.6) is 23.0 Å². The zero-order valence-electron chi connectivity index (χ0n) is 22.0. The quantitative estimate of drug-likeness (QED) is 0.270. The number of aromatic nitrogens is 2. The van der Waals surface area contributed by atoms with Crippen LogP contribution >= 0.6 is 0 Å². The Balaban J connectivity index is 1.26. The maximum Gasteiger partial charge on any atom is 0.270 e. The minimum Gasteiger partial charge on any atom is -0.490 e. The maximum atomic E-state index is 13.4. The first-order chi connectivity index (χ1) is 19.9. The fourth-order valence-electron chi connectivity index (χ4n) is 4.75. The number of hydrogen-bond donors (Lipinski definition) is 1. The van der Waals surface area contributed by atoms with Crippen LogP contribution in [0.15, 0.2) is 54.6 Å². The average Bonchev–Trinajstić information content (AvgIpc) is 3.11. The number of nitro groups is 1. The lowest BCUT2D eigenvalue weighted by atomic mass is 10.1. The smallest absolute Gasteiger partial charge is 0.270 e. The van der Waals surface area contributed by atoms with E-state index in [9.17, 15) is 19.7 Å². The Morgan fingerprint density at radius 1 is 0.805 bits per heavy atom. The fourth-order valence-corrected chi connectivity index (χ4v) is 4.75. The van der Waals surface area contributed by atoms with Gasteiger partial charge in [0.1, 0.15) is 0 Å². The number of amides is 1. The topological polar surface area (TPSA) is 144 Å². The number of anilines is 1. The second-order valence-electron chi connectivity index (χ2n) is 9.68. The molecule has 12 heteroatoms. The lowest BCUT2D eigenvalue weighted by Crippen LogP contribution is -2.17. The summed E-state index contributed by atoms with van der Waals surface area (Å²) in [7, 11) is 0. The molecule has 0 saturated carbocycles. The molecule has 0 radical (unpaired) electrons. The molecular weight excluding hydrogens is 532 g/mol. The van der Waals surface area contributed by atoms with Gasteiger partial charge in [-0.05, 0) is 41.5 Å². The Hall–Kier alpha value is -5.13. The van der Waals surface area contributed by atoms with Crippen molar-refractivity contribution in [2.75, 3.05) is 31.7 Å². The largest absolute Gasteiger partial charge is 0.490 e. The summed E-state index contributed by atoms with van der Waals surface area (Å²) in [6, 6.07) is 14.6. The van der Waals surface area contributed by atoms with Gasteiger partial charge in [-0.15, -0.1) is 5.10 Å². The molecule has 41 heavy (non-hydrogen) atoms. The van der Waals surface area contributed by atoms with E-state index in [-0.39, 0.29) is 35.6 Å². The number of fused-ring (bicyclic) bond motifs is 3. The van der Waals surface area contributed by atoms with Gasteiger partial charge >= 0.3 is 0 Å². The van der Waals surface area contributed by atoms with Crippen molar-refractivity contribution in [3.63, 3.8) is 0 Å². The second-order valence-corrected chi connectivity index (χ2v) is 9.68. The first-order valence-electron chi connectivity index (χ1n) is 13.2. The average molecular weight is 559 g/mol. The molecule has 0 fully saturated rings. The Morgan fingerprint density at radius 3 is 2.00 bits per heavy atom. The van der Waals surface area contributed by atoms with Crippen LogP contribution in [0.25, 0.3) is 10.9 Å². The van der Waals surface area contributed by atoms with Crippen molar-refractivity contribution in [3.05, 3.63) is 75.8 Å². The van der Waals surface area contributed by atoms with E-state index < -0.39 is 10.8 Å². The first-order valence-corrected chi connectivity index (χ1v) is 13.2. The van der Waals surface area contributed by atoms with E-state index in [0.717, 1.165) is 17.5 Å². The van der Waals surface area contributed by atoms with Gasteiger partial charge in [0.2, 0.25) is 5.91 Å². The third-order valence-corrected chi connectivity index (χ3v) is 6.71. The summed E-state index contributed by atoms with van der Waals surface area (Å²) in [4.78, 5) is 37.4. The molecule has 2 aliphatic heterocycles. The molecule has 3 aromatic carbocycles. The number of ether oxygens (including phenoxy) is 4. The monoisotopic (exact) mass is 558 g/mol. The molecular formula is C29H26N4O8. The van der Waals surface area contributed by atoms with Crippen molar-refractivity contribution in [1.29, 1.82) is 0 Å². The lowest BCUT2D eigenvalue weighted by molar-refractivity contribution is -0.384. The number of nitrogens with zero attached hydrogens (tertiary/aromatic N) is 3. The highest BCUT2D eigenvalue weighted by molar-refractivity contribution is 6.04. The molecule has 0 unspecified atom stereocenters. The molecule has 0 spiro atoms. The van der Waals surface area contributed by atoms with Crippen LogP contribution in [0, 0.1) is 10.1 Å². The summed E-state index contributed by atoms with van der Waals surface area (Å²) in [5, 5.41) is 18.8. The number of benzene rings is 3. The Bertz CT molecular complexity index is 1660. The van der Waals surface area contributed by atoms with E-state index >= 15 is 0 Å². The highest BCUT2D eigenvalue weighted by Gasteiger charge is 2.22. The van der Waals surface area contributed by atoms with Gasteiger partial charge in [-0.25, -0.2) is 0 Å². The third kappa shape index (κ3) is 5.62. The minimum absolute atomic E-state index is 0.00887. The normalized spacial score (nSPS) is 14.1. The first kappa shape index (κ1) is 26.1. The number of nitrogens with one attached hydrogen (secondary N) is 1. The van der Waals surface area contributed by atoms with Crippen LogP contribution in [0.3, 0.4) is 0 Å². The number of rotatable bonds is 6. The summed E-state index contributed by atoms with van der Waals surface area (Å²) in [5.74, 6) is 1.63. The van der Waals surface area contributed by atoms with Gasteiger partial charge in [-0.1, -0.05) is 12.1 Å². The van der Waals surface area contributed by atoms with Crippen molar-refractivity contribution in [3.8, 4) is 23.0 Å². The van der Waals surface area contributed by atoms with Crippen LogP contribution < -0.4 is 24.3 Å². The van der Waals surface area contributed by atoms with Crippen molar-refractivity contribution in [2.24, 2.45) is 0 Å². The standard InChI is InChI=1S/C29H26N4O8/c34-27(15-18-3-7-23-25(13-18)40-11-1-9-38-23)30-29-21-17-20(33(36)37)5-6-22(21)32(31-29)28(35)16-19-4-8-24-26(14-19)41-12-2-10-39-24/h3-8,13-14,17H,1-2,9-12,15-16H2,(H,30,31,34). The molecule has 1 amide bonds. The molecule has 4 aromatic rings. The molecule has 0 atom stereocenters. The molecule has 0 aliphatic carbocycles. The minimum atomic E-state index is -0.542. The summed E-state index contributed by atoms with van der Waals surface area (Å²) < 4.78 is 23.9. The van der Waals surface area contributed by atoms with Crippen LogP contribution in [0.4, 0.5) is 11.5 Å². The number of hydrogen-bond acceptors (Lipinski definition) is 9. The Morgan fingerprint density at radius 2 is 1.39 bits per heavy atom. The van der Waals surface area contributed by atoms with Crippen molar-refractivity contribution in [2.45, 2.75) is 25.7 Å². The molecule has 1 aromatic heterocycles. The summed E-state index contributed by atoms with van der Waals surface area (Å²) in [6.45, 7) is 2.15. The van der Waals surface area contributed by atoms with Gasteiger partial charge in [0.25, 0.3) is 11.6 Å². The van der Waals surface area contributed by atoms with Gasteiger partial charge in [-0.2, -0.15) is 4.68 Å². The SMILES string of the molecule is O=C(Cc1ccc2c(c1)OCCCO2)Nc1nn(C(=O)Cc2ccc3c(c2)OCCCO3)c2ccc([N+](=O)[O-])cc12. The van der Waals surface area contributed by atoms with Crippen molar-refractivity contribution in [1.82, 2.24) is 9.78 Å². The predicted molar refractivity (Wildman–Crippen MR) is 147 cm³/mol.